The standard InChI is InChI=1S/C14H13N5/c1-19-13-6-10(4-5-12(13)17-18-19)11-7-15-14(16-8-11)9-2-3-9/h4-9H,2-3H2,1H3. The van der Waals surface area contributed by atoms with E-state index in [1.807, 2.05) is 31.6 Å². The fourth-order valence-corrected chi connectivity index (χ4v) is 2.25. The van der Waals surface area contributed by atoms with E-state index >= 15 is 0 Å². The second kappa shape index (κ2) is 3.85. The minimum absolute atomic E-state index is 0.595. The minimum atomic E-state index is 0.595. The van der Waals surface area contributed by atoms with Gasteiger partial charge in [-0.3, -0.25) is 0 Å². The van der Waals surface area contributed by atoms with Gasteiger partial charge < -0.3 is 0 Å². The van der Waals surface area contributed by atoms with E-state index in [2.05, 4.69) is 26.3 Å². The molecule has 2 heterocycles. The summed E-state index contributed by atoms with van der Waals surface area (Å²) >= 11 is 0. The molecule has 0 saturated heterocycles. The summed E-state index contributed by atoms with van der Waals surface area (Å²) < 4.78 is 1.78. The van der Waals surface area contributed by atoms with Crippen LogP contribution in [0.3, 0.4) is 0 Å². The zero-order valence-corrected chi connectivity index (χ0v) is 10.6. The number of nitrogens with zero attached hydrogens (tertiary/aromatic N) is 5. The third-order valence-electron chi connectivity index (χ3n) is 3.56. The third kappa shape index (κ3) is 1.78. The highest BCUT2D eigenvalue weighted by atomic mass is 15.4. The molecule has 5 heteroatoms. The molecule has 0 spiro atoms. The lowest BCUT2D eigenvalue weighted by molar-refractivity contribution is 0.736. The molecule has 1 aliphatic carbocycles. The Bertz CT molecular complexity index is 740. The first-order chi connectivity index (χ1) is 9.31. The first kappa shape index (κ1) is 10.6. The monoisotopic (exact) mass is 251 g/mol. The van der Waals surface area contributed by atoms with Crippen molar-refractivity contribution in [1.82, 2.24) is 25.0 Å². The molecule has 94 valence electrons. The summed E-state index contributed by atoms with van der Waals surface area (Å²) in [5.41, 5.74) is 4.05. The number of aryl methyl sites for hydroxylation is 1. The van der Waals surface area contributed by atoms with Crippen molar-refractivity contribution in [3.05, 3.63) is 36.4 Å². The molecule has 1 aromatic carbocycles. The van der Waals surface area contributed by atoms with Crippen molar-refractivity contribution < 1.29 is 0 Å². The molecule has 4 rings (SSSR count). The summed E-state index contributed by atoms with van der Waals surface area (Å²) in [6.45, 7) is 0. The number of aromatic nitrogens is 5. The van der Waals surface area contributed by atoms with Crippen LogP contribution < -0.4 is 0 Å². The maximum absolute atomic E-state index is 4.46. The van der Waals surface area contributed by atoms with Crippen molar-refractivity contribution >= 4 is 11.0 Å². The molecule has 1 aliphatic rings. The largest absolute Gasteiger partial charge is 0.248 e. The van der Waals surface area contributed by atoms with Crippen LogP contribution in [0.2, 0.25) is 0 Å². The van der Waals surface area contributed by atoms with E-state index in [0.29, 0.717) is 5.92 Å². The fourth-order valence-electron chi connectivity index (χ4n) is 2.25. The molecule has 19 heavy (non-hydrogen) atoms. The Morgan fingerprint density at radius 2 is 1.89 bits per heavy atom. The minimum Gasteiger partial charge on any atom is -0.248 e. The number of benzene rings is 1. The first-order valence-corrected chi connectivity index (χ1v) is 6.43. The predicted octanol–water partition coefficient (Wildman–Crippen LogP) is 2.30. The van der Waals surface area contributed by atoms with E-state index in [0.717, 1.165) is 28.0 Å². The van der Waals surface area contributed by atoms with Crippen LogP contribution in [0.15, 0.2) is 30.6 Å². The molecule has 0 amide bonds. The van der Waals surface area contributed by atoms with E-state index in [9.17, 15) is 0 Å². The van der Waals surface area contributed by atoms with Crippen molar-refractivity contribution in [3.63, 3.8) is 0 Å². The molecule has 0 bridgehead atoms. The van der Waals surface area contributed by atoms with Gasteiger partial charge in [0.25, 0.3) is 0 Å². The summed E-state index contributed by atoms with van der Waals surface area (Å²) in [5.74, 6) is 1.57. The zero-order valence-electron chi connectivity index (χ0n) is 10.6. The molecule has 0 atom stereocenters. The van der Waals surface area contributed by atoms with Gasteiger partial charge in [0.2, 0.25) is 0 Å². The quantitative estimate of drug-likeness (QED) is 0.701. The average molecular weight is 251 g/mol. The van der Waals surface area contributed by atoms with Gasteiger partial charge in [0, 0.05) is 30.9 Å². The molecular formula is C14H13N5. The Kier molecular flexibility index (Phi) is 2.15. The van der Waals surface area contributed by atoms with Crippen LogP contribution in [0, 0.1) is 0 Å². The van der Waals surface area contributed by atoms with Crippen molar-refractivity contribution in [1.29, 1.82) is 0 Å². The van der Waals surface area contributed by atoms with Gasteiger partial charge >= 0.3 is 0 Å². The molecule has 0 aliphatic heterocycles. The summed E-state index contributed by atoms with van der Waals surface area (Å²) in [6.07, 6.45) is 6.27. The molecule has 1 saturated carbocycles. The second-order valence-electron chi connectivity index (χ2n) is 5.02. The van der Waals surface area contributed by atoms with Gasteiger partial charge in [-0.15, -0.1) is 5.10 Å². The van der Waals surface area contributed by atoms with Gasteiger partial charge in [0.15, 0.2) is 0 Å². The molecular weight excluding hydrogens is 238 g/mol. The third-order valence-corrected chi connectivity index (χ3v) is 3.56. The SMILES string of the molecule is Cn1nnc2ccc(-c3cnc(C4CC4)nc3)cc21. The molecule has 0 N–H and O–H groups in total. The normalized spacial score (nSPS) is 15.0. The first-order valence-electron chi connectivity index (χ1n) is 6.43. The van der Waals surface area contributed by atoms with Gasteiger partial charge in [-0.05, 0) is 30.5 Å². The smallest absolute Gasteiger partial charge is 0.131 e. The number of hydrogen-bond acceptors (Lipinski definition) is 4. The Labute approximate surface area is 110 Å². The van der Waals surface area contributed by atoms with Gasteiger partial charge in [0.05, 0.1) is 5.52 Å². The molecule has 2 aromatic heterocycles. The fraction of sp³-hybridized carbons (Fsp3) is 0.286. The molecule has 0 unspecified atom stereocenters. The van der Waals surface area contributed by atoms with E-state index in [1.54, 1.807) is 4.68 Å². The lowest BCUT2D eigenvalue weighted by Gasteiger charge is -2.02. The predicted molar refractivity (Wildman–Crippen MR) is 71.5 cm³/mol. The van der Waals surface area contributed by atoms with Crippen molar-refractivity contribution in [2.24, 2.45) is 7.05 Å². The van der Waals surface area contributed by atoms with E-state index in [-0.39, 0.29) is 0 Å². The van der Waals surface area contributed by atoms with E-state index in [1.165, 1.54) is 12.8 Å². The molecule has 5 nitrogen and oxygen atoms in total. The van der Waals surface area contributed by atoms with E-state index in [4.69, 9.17) is 0 Å². The molecule has 3 aromatic rings. The van der Waals surface area contributed by atoms with Crippen LogP contribution in [0.25, 0.3) is 22.2 Å². The number of hydrogen-bond donors (Lipinski definition) is 0. The highest BCUT2D eigenvalue weighted by molar-refractivity contribution is 5.81. The van der Waals surface area contributed by atoms with Crippen LogP contribution in [-0.2, 0) is 7.05 Å². The highest BCUT2D eigenvalue weighted by Crippen LogP contribution is 2.38. The summed E-state index contributed by atoms with van der Waals surface area (Å²) in [4.78, 5) is 8.92. The van der Waals surface area contributed by atoms with Crippen molar-refractivity contribution in [2.45, 2.75) is 18.8 Å². The van der Waals surface area contributed by atoms with Crippen LogP contribution in [-0.4, -0.2) is 25.0 Å². The van der Waals surface area contributed by atoms with Crippen LogP contribution >= 0.6 is 0 Å². The Balaban J connectivity index is 1.77. The summed E-state index contributed by atoms with van der Waals surface area (Å²) in [6, 6.07) is 6.09. The van der Waals surface area contributed by atoms with Gasteiger partial charge in [0.1, 0.15) is 11.3 Å². The van der Waals surface area contributed by atoms with E-state index < -0.39 is 0 Å². The van der Waals surface area contributed by atoms with Crippen molar-refractivity contribution in [2.75, 3.05) is 0 Å². The maximum atomic E-state index is 4.46. The topological polar surface area (TPSA) is 56.5 Å². The van der Waals surface area contributed by atoms with Gasteiger partial charge in [-0.2, -0.15) is 0 Å². The molecule has 1 fully saturated rings. The summed E-state index contributed by atoms with van der Waals surface area (Å²) in [5, 5.41) is 8.09. The van der Waals surface area contributed by atoms with Gasteiger partial charge in [-0.25, -0.2) is 14.6 Å². The maximum Gasteiger partial charge on any atom is 0.131 e. The second-order valence-corrected chi connectivity index (χ2v) is 5.02. The van der Waals surface area contributed by atoms with Crippen molar-refractivity contribution in [3.8, 4) is 11.1 Å². The van der Waals surface area contributed by atoms with Crippen LogP contribution in [0.5, 0.6) is 0 Å². The van der Waals surface area contributed by atoms with Crippen LogP contribution in [0.4, 0.5) is 0 Å². The Hall–Kier alpha value is -2.30. The lowest BCUT2D eigenvalue weighted by atomic mass is 10.1. The zero-order chi connectivity index (χ0) is 12.8. The highest BCUT2D eigenvalue weighted by Gasteiger charge is 2.26. The van der Waals surface area contributed by atoms with Crippen LogP contribution in [0.1, 0.15) is 24.6 Å². The Morgan fingerprint density at radius 3 is 2.63 bits per heavy atom. The summed E-state index contributed by atoms with van der Waals surface area (Å²) in [7, 11) is 1.89. The molecule has 0 radical (unpaired) electrons. The van der Waals surface area contributed by atoms with Gasteiger partial charge in [-0.1, -0.05) is 11.3 Å². The number of rotatable bonds is 2. The average Bonchev–Trinajstić information content (AvgIpc) is 3.24. The lowest BCUT2D eigenvalue weighted by Crippen LogP contribution is -1.93. The number of fused-ring (bicyclic) bond motifs is 1. The Morgan fingerprint density at radius 1 is 1.11 bits per heavy atom.